The lowest BCUT2D eigenvalue weighted by Gasteiger charge is -2.33. The number of primary amides is 1. The number of carbonyl (C=O) groups excluding carboxylic acids is 1. The number of amides is 1. The van der Waals surface area contributed by atoms with Crippen LogP contribution in [0.4, 0.5) is 4.39 Å². The topological polar surface area (TPSA) is 97.8 Å². The number of hydrogen-bond donors (Lipinski definition) is 2. The SMILES string of the molecule is NC(=O)c1cn(C[C@H](O)CN2CCC(Oc3ccc(Cl)c(Cl)c3)CC2)c(=O)c2c(F)cccc12. The first-order valence-corrected chi connectivity index (χ1v) is 11.6. The summed E-state index contributed by atoms with van der Waals surface area (Å²) in [5.41, 5.74) is 4.85. The van der Waals surface area contributed by atoms with Crippen LogP contribution in [0, 0.1) is 5.82 Å². The molecule has 2 aromatic carbocycles. The molecule has 1 aliphatic rings. The molecule has 1 amide bonds. The Kier molecular flexibility index (Phi) is 7.42. The molecule has 1 atom stereocenters. The Morgan fingerprint density at radius 2 is 1.91 bits per heavy atom. The van der Waals surface area contributed by atoms with Gasteiger partial charge in [0.25, 0.3) is 11.5 Å². The fourth-order valence-electron chi connectivity index (χ4n) is 4.26. The Balaban J connectivity index is 1.39. The van der Waals surface area contributed by atoms with Gasteiger partial charge in [-0.1, -0.05) is 35.3 Å². The number of β-amino-alcohol motifs (C(OH)–C–C–N with tert-alkyl or cyclic N) is 1. The highest BCUT2D eigenvalue weighted by molar-refractivity contribution is 6.42. The largest absolute Gasteiger partial charge is 0.490 e. The van der Waals surface area contributed by atoms with Gasteiger partial charge < -0.3 is 25.0 Å². The van der Waals surface area contributed by atoms with E-state index in [0.29, 0.717) is 35.4 Å². The Labute approximate surface area is 205 Å². The predicted octanol–water partition coefficient (Wildman–Crippen LogP) is 3.45. The van der Waals surface area contributed by atoms with Crippen molar-refractivity contribution in [2.45, 2.75) is 31.6 Å². The lowest BCUT2D eigenvalue weighted by atomic mass is 10.1. The fourth-order valence-corrected chi connectivity index (χ4v) is 4.55. The number of hydrogen-bond acceptors (Lipinski definition) is 5. The van der Waals surface area contributed by atoms with Crippen molar-refractivity contribution in [3.8, 4) is 5.75 Å². The lowest BCUT2D eigenvalue weighted by molar-refractivity contribution is 0.0544. The van der Waals surface area contributed by atoms with Gasteiger partial charge in [0, 0.05) is 37.3 Å². The van der Waals surface area contributed by atoms with E-state index in [1.165, 1.54) is 18.3 Å². The van der Waals surface area contributed by atoms with Gasteiger partial charge in [0.05, 0.1) is 33.6 Å². The minimum atomic E-state index is -0.907. The first-order chi connectivity index (χ1) is 16.2. The Bertz CT molecular complexity index is 1280. The number of nitrogens with two attached hydrogens (primary N) is 1. The Morgan fingerprint density at radius 3 is 2.59 bits per heavy atom. The Hall–Kier alpha value is -2.65. The zero-order valence-electron chi connectivity index (χ0n) is 18.2. The maximum Gasteiger partial charge on any atom is 0.261 e. The smallest absolute Gasteiger partial charge is 0.261 e. The summed E-state index contributed by atoms with van der Waals surface area (Å²) in [5.74, 6) is -0.859. The second-order valence-corrected chi connectivity index (χ2v) is 9.19. The third kappa shape index (κ3) is 5.36. The summed E-state index contributed by atoms with van der Waals surface area (Å²) in [6.45, 7) is 1.60. The highest BCUT2D eigenvalue weighted by Crippen LogP contribution is 2.28. The van der Waals surface area contributed by atoms with Gasteiger partial charge in [-0.25, -0.2) is 4.39 Å². The van der Waals surface area contributed by atoms with Crippen LogP contribution < -0.4 is 16.0 Å². The van der Waals surface area contributed by atoms with Gasteiger partial charge in [-0.2, -0.15) is 0 Å². The maximum atomic E-state index is 14.4. The van der Waals surface area contributed by atoms with E-state index >= 15 is 0 Å². The average Bonchev–Trinajstić information content (AvgIpc) is 2.79. The summed E-state index contributed by atoms with van der Waals surface area (Å²) in [4.78, 5) is 26.8. The molecule has 34 heavy (non-hydrogen) atoms. The molecule has 2 heterocycles. The summed E-state index contributed by atoms with van der Waals surface area (Å²) in [7, 11) is 0. The van der Waals surface area contributed by atoms with Crippen molar-refractivity contribution in [1.29, 1.82) is 0 Å². The number of benzene rings is 2. The van der Waals surface area contributed by atoms with Crippen molar-refractivity contribution >= 4 is 39.9 Å². The van der Waals surface area contributed by atoms with Gasteiger partial charge in [0.15, 0.2) is 0 Å². The van der Waals surface area contributed by atoms with E-state index in [1.54, 1.807) is 18.2 Å². The van der Waals surface area contributed by atoms with Crippen LogP contribution in [0.1, 0.15) is 23.2 Å². The molecule has 0 aliphatic carbocycles. The molecule has 1 aliphatic heterocycles. The van der Waals surface area contributed by atoms with Gasteiger partial charge in [0.1, 0.15) is 17.7 Å². The van der Waals surface area contributed by atoms with Crippen molar-refractivity contribution in [3.05, 3.63) is 74.4 Å². The number of likely N-dealkylation sites (tertiary alicyclic amines) is 1. The number of aliphatic hydroxyl groups is 1. The van der Waals surface area contributed by atoms with Gasteiger partial charge in [0.2, 0.25) is 0 Å². The van der Waals surface area contributed by atoms with Crippen LogP contribution in [0.5, 0.6) is 5.75 Å². The lowest BCUT2D eigenvalue weighted by Crippen LogP contribution is -2.43. The minimum absolute atomic E-state index is 0.00911. The van der Waals surface area contributed by atoms with Crippen molar-refractivity contribution in [2.75, 3.05) is 19.6 Å². The third-order valence-electron chi connectivity index (χ3n) is 5.93. The van der Waals surface area contributed by atoms with Crippen LogP contribution in [-0.2, 0) is 6.54 Å². The van der Waals surface area contributed by atoms with Crippen molar-refractivity contribution in [3.63, 3.8) is 0 Å². The molecule has 1 saturated heterocycles. The van der Waals surface area contributed by atoms with E-state index in [-0.39, 0.29) is 29.0 Å². The number of ether oxygens (including phenoxy) is 1. The quantitative estimate of drug-likeness (QED) is 0.510. The van der Waals surface area contributed by atoms with E-state index in [2.05, 4.69) is 4.90 Å². The number of piperidine rings is 1. The van der Waals surface area contributed by atoms with Crippen LogP contribution in [-0.4, -0.2) is 52.3 Å². The number of aromatic nitrogens is 1. The predicted molar refractivity (Wildman–Crippen MR) is 129 cm³/mol. The number of nitrogens with zero attached hydrogens (tertiary/aromatic N) is 2. The molecular formula is C24H24Cl2FN3O4. The molecule has 7 nitrogen and oxygen atoms in total. The normalized spacial score (nSPS) is 16.0. The molecule has 0 unspecified atom stereocenters. The van der Waals surface area contributed by atoms with Gasteiger partial charge in [-0.15, -0.1) is 0 Å². The molecule has 10 heteroatoms. The average molecular weight is 508 g/mol. The highest BCUT2D eigenvalue weighted by atomic mass is 35.5. The molecule has 4 rings (SSSR count). The molecule has 0 saturated carbocycles. The minimum Gasteiger partial charge on any atom is -0.490 e. The summed E-state index contributed by atoms with van der Waals surface area (Å²) < 4.78 is 21.5. The molecule has 3 aromatic rings. The van der Waals surface area contributed by atoms with Crippen LogP contribution in [0.2, 0.25) is 10.0 Å². The zero-order chi connectivity index (χ0) is 24.4. The number of rotatable bonds is 7. The second-order valence-electron chi connectivity index (χ2n) is 8.37. The highest BCUT2D eigenvalue weighted by Gasteiger charge is 2.23. The van der Waals surface area contributed by atoms with Crippen LogP contribution >= 0.6 is 23.2 Å². The number of aliphatic hydroxyl groups excluding tert-OH is 1. The summed E-state index contributed by atoms with van der Waals surface area (Å²) in [6, 6.07) is 9.19. The molecule has 1 fully saturated rings. The van der Waals surface area contributed by atoms with Gasteiger partial charge >= 0.3 is 0 Å². The summed E-state index contributed by atoms with van der Waals surface area (Å²) >= 11 is 12.0. The molecular weight excluding hydrogens is 484 g/mol. The third-order valence-corrected chi connectivity index (χ3v) is 6.67. The van der Waals surface area contributed by atoms with Gasteiger partial charge in [-0.05, 0) is 31.0 Å². The summed E-state index contributed by atoms with van der Waals surface area (Å²) in [5, 5.41) is 11.5. The monoisotopic (exact) mass is 507 g/mol. The number of fused-ring (bicyclic) bond motifs is 1. The standard InChI is InChI=1S/C24H24Cl2FN3O4/c25-19-5-4-16(10-20(19)26)34-15-6-8-29(9-7-15)11-14(31)12-30-13-18(23(28)32)17-2-1-3-21(27)22(17)24(30)33/h1-5,10,13-15,31H,6-9,11-12H2,(H2,28,32)/t14-/m1/s1. The fraction of sp³-hybridized carbons (Fsp3) is 0.333. The number of pyridine rings is 1. The first-order valence-electron chi connectivity index (χ1n) is 10.9. The summed E-state index contributed by atoms with van der Waals surface area (Å²) in [6.07, 6.45) is 1.89. The first kappa shape index (κ1) is 24.5. The van der Waals surface area contributed by atoms with Crippen LogP contribution in [0.15, 0.2) is 47.4 Å². The Morgan fingerprint density at radius 1 is 1.18 bits per heavy atom. The molecule has 0 radical (unpaired) electrons. The van der Waals surface area contributed by atoms with Crippen LogP contribution in [0.25, 0.3) is 10.8 Å². The van der Waals surface area contributed by atoms with E-state index in [0.717, 1.165) is 23.5 Å². The van der Waals surface area contributed by atoms with Crippen molar-refractivity contribution in [2.24, 2.45) is 5.73 Å². The molecule has 0 spiro atoms. The van der Waals surface area contributed by atoms with E-state index in [1.807, 2.05) is 0 Å². The zero-order valence-corrected chi connectivity index (χ0v) is 19.7. The van der Waals surface area contributed by atoms with E-state index in [4.69, 9.17) is 33.7 Å². The van der Waals surface area contributed by atoms with Crippen molar-refractivity contribution < 1.29 is 19.0 Å². The molecule has 180 valence electrons. The number of halogens is 3. The molecule has 3 N–H and O–H groups in total. The van der Waals surface area contributed by atoms with E-state index < -0.39 is 23.4 Å². The molecule has 1 aromatic heterocycles. The van der Waals surface area contributed by atoms with E-state index in [9.17, 15) is 19.1 Å². The van der Waals surface area contributed by atoms with Crippen molar-refractivity contribution in [1.82, 2.24) is 9.47 Å². The maximum absolute atomic E-state index is 14.4. The number of carbonyl (C=O) groups is 1. The van der Waals surface area contributed by atoms with Gasteiger partial charge in [-0.3, -0.25) is 9.59 Å². The molecule has 0 bridgehead atoms. The van der Waals surface area contributed by atoms with Crippen LogP contribution in [0.3, 0.4) is 0 Å². The second kappa shape index (κ2) is 10.3.